The highest BCUT2D eigenvalue weighted by Gasteiger charge is 2.43. The van der Waals surface area contributed by atoms with E-state index in [4.69, 9.17) is 0 Å². The molecule has 1 atom stereocenters. The first-order valence-electron chi connectivity index (χ1n) is 9.18. The van der Waals surface area contributed by atoms with E-state index in [9.17, 15) is 19.1 Å². The molecule has 0 bridgehead atoms. The molecule has 0 aliphatic carbocycles. The third kappa shape index (κ3) is 3.71. The Balaban J connectivity index is 1.71. The summed E-state index contributed by atoms with van der Waals surface area (Å²) >= 11 is 1.25. The molecule has 2 heterocycles. The van der Waals surface area contributed by atoms with E-state index < -0.39 is 23.5 Å². The predicted molar refractivity (Wildman–Crippen MR) is 109 cm³/mol. The highest BCUT2D eigenvalue weighted by Crippen LogP contribution is 2.39. The summed E-state index contributed by atoms with van der Waals surface area (Å²) in [5.74, 6) is -1.92. The third-order valence-corrected chi connectivity index (χ3v) is 5.83. The maximum Gasteiger partial charge on any atom is 0.290 e. The normalized spacial score (nSPS) is 16.5. The Kier molecular flexibility index (Phi) is 5.27. The molecular weight excluding hydrogens is 389 g/mol. The molecule has 1 aromatic heterocycles. The van der Waals surface area contributed by atoms with E-state index in [1.807, 2.05) is 30.3 Å². The fourth-order valence-electron chi connectivity index (χ4n) is 3.54. The average Bonchev–Trinajstić information content (AvgIpc) is 3.36. The number of hydrogen-bond donors (Lipinski definition) is 1. The van der Waals surface area contributed by atoms with Gasteiger partial charge in [-0.2, -0.15) is 0 Å². The van der Waals surface area contributed by atoms with Crippen molar-refractivity contribution >= 4 is 23.0 Å². The summed E-state index contributed by atoms with van der Waals surface area (Å²) in [6.07, 6.45) is 0.567. The summed E-state index contributed by atoms with van der Waals surface area (Å²) in [6.45, 7) is 0.316. The van der Waals surface area contributed by atoms with Crippen molar-refractivity contribution in [2.75, 3.05) is 6.54 Å². The molecule has 1 N–H and O–H groups in total. The molecule has 0 radical (unpaired) electrons. The molecule has 6 heteroatoms. The summed E-state index contributed by atoms with van der Waals surface area (Å²) in [7, 11) is 0. The van der Waals surface area contributed by atoms with Gasteiger partial charge in [0.2, 0.25) is 5.78 Å². The quantitative estimate of drug-likeness (QED) is 0.602. The number of rotatable bonds is 6. The fraction of sp³-hybridized carbons (Fsp3) is 0.130. The van der Waals surface area contributed by atoms with Crippen molar-refractivity contribution in [1.29, 1.82) is 0 Å². The molecule has 0 spiro atoms. The SMILES string of the molecule is O=C(C1=C(O)C(=O)N(CCc2ccccc2)C1c1ccc(F)cc1)c1cccs1. The van der Waals surface area contributed by atoms with Crippen LogP contribution in [0.4, 0.5) is 4.39 Å². The van der Waals surface area contributed by atoms with Gasteiger partial charge in [0.1, 0.15) is 5.82 Å². The second kappa shape index (κ2) is 8.01. The molecular formula is C23H18FNO3S. The zero-order chi connectivity index (χ0) is 20.4. The summed E-state index contributed by atoms with van der Waals surface area (Å²) < 4.78 is 13.5. The minimum Gasteiger partial charge on any atom is -0.503 e. The summed E-state index contributed by atoms with van der Waals surface area (Å²) in [5, 5.41) is 12.3. The Labute approximate surface area is 171 Å². The number of nitrogens with zero attached hydrogens (tertiary/aromatic N) is 1. The number of Topliss-reactive ketones (excluding diaryl/α,β-unsaturated/α-hetero) is 1. The molecule has 3 aromatic rings. The molecule has 146 valence electrons. The van der Waals surface area contributed by atoms with E-state index in [-0.39, 0.29) is 11.4 Å². The number of carbonyl (C=O) groups excluding carboxylic acids is 2. The van der Waals surface area contributed by atoms with Crippen LogP contribution in [0.1, 0.15) is 26.8 Å². The number of amides is 1. The van der Waals surface area contributed by atoms with Gasteiger partial charge in [0.15, 0.2) is 5.76 Å². The van der Waals surface area contributed by atoms with Crippen molar-refractivity contribution in [1.82, 2.24) is 4.90 Å². The Hall–Kier alpha value is -3.25. The predicted octanol–water partition coefficient (Wildman–Crippen LogP) is 4.71. The van der Waals surface area contributed by atoms with Gasteiger partial charge in [-0.25, -0.2) is 4.39 Å². The topological polar surface area (TPSA) is 57.6 Å². The molecule has 29 heavy (non-hydrogen) atoms. The van der Waals surface area contributed by atoms with Gasteiger partial charge in [-0.3, -0.25) is 9.59 Å². The van der Waals surface area contributed by atoms with Gasteiger partial charge in [-0.1, -0.05) is 48.5 Å². The largest absolute Gasteiger partial charge is 0.503 e. The van der Waals surface area contributed by atoms with Crippen LogP contribution < -0.4 is 0 Å². The molecule has 4 nitrogen and oxygen atoms in total. The number of benzene rings is 2. The van der Waals surface area contributed by atoms with Crippen molar-refractivity contribution in [3.63, 3.8) is 0 Å². The number of aliphatic hydroxyl groups is 1. The second-order valence-corrected chi connectivity index (χ2v) is 7.70. The van der Waals surface area contributed by atoms with Crippen molar-refractivity contribution in [2.24, 2.45) is 0 Å². The van der Waals surface area contributed by atoms with E-state index in [0.29, 0.717) is 23.4 Å². The minimum atomic E-state index is -0.763. The second-order valence-electron chi connectivity index (χ2n) is 6.76. The molecule has 1 aliphatic rings. The monoisotopic (exact) mass is 407 g/mol. The molecule has 0 saturated carbocycles. The number of halogens is 1. The molecule has 2 aromatic carbocycles. The zero-order valence-corrected chi connectivity index (χ0v) is 16.2. The maximum absolute atomic E-state index is 13.5. The van der Waals surface area contributed by atoms with Crippen LogP contribution in [0.15, 0.2) is 83.4 Å². The summed E-state index contributed by atoms with van der Waals surface area (Å²) in [5.41, 5.74) is 1.66. The number of thiophene rings is 1. The van der Waals surface area contributed by atoms with Crippen LogP contribution in [0.5, 0.6) is 0 Å². The molecule has 0 saturated heterocycles. The van der Waals surface area contributed by atoms with Crippen LogP contribution in [0, 0.1) is 5.82 Å². The lowest BCUT2D eigenvalue weighted by Crippen LogP contribution is -2.33. The molecule has 1 amide bonds. The average molecular weight is 407 g/mol. The first-order chi connectivity index (χ1) is 14.1. The van der Waals surface area contributed by atoms with Gasteiger partial charge in [0.25, 0.3) is 5.91 Å². The van der Waals surface area contributed by atoms with Crippen molar-refractivity contribution in [3.8, 4) is 0 Å². The number of carbonyl (C=O) groups is 2. The lowest BCUT2D eigenvalue weighted by Gasteiger charge is -2.27. The van der Waals surface area contributed by atoms with Gasteiger partial charge in [0, 0.05) is 6.54 Å². The Morgan fingerprint density at radius 2 is 1.76 bits per heavy atom. The van der Waals surface area contributed by atoms with Crippen LogP contribution in [-0.4, -0.2) is 28.2 Å². The van der Waals surface area contributed by atoms with E-state index in [1.165, 1.54) is 28.4 Å². The lowest BCUT2D eigenvalue weighted by molar-refractivity contribution is -0.129. The minimum absolute atomic E-state index is 0.0390. The van der Waals surface area contributed by atoms with E-state index in [0.717, 1.165) is 5.56 Å². The Morgan fingerprint density at radius 1 is 1.03 bits per heavy atom. The fourth-order valence-corrected chi connectivity index (χ4v) is 4.22. The van der Waals surface area contributed by atoms with Crippen molar-refractivity contribution in [3.05, 3.63) is 105 Å². The molecule has 1 aliphatic heterocycles. The highest BCUT2D eigenvalue weighted by atomic mass is 32.1. The number of hydrogen-bond acceptors (Lipinski definition) is 4. The van der Waals surface area contributed by atoms with E-state index in [2.05, 4.69) is 0 Å². The Morgan fingerprint density at radius 3 is 2.41 bits per heavy atom. The number of ketones is 1. The van der Waals surface area contributed by atoms with Crippen molar-refractivity contribution < 1.29 is 19.1 Å². The summed E-state index contributed by atoms with van der Waals surface area (Å²) in [6, 6.07) is 18.0. The maximum atomic E-state index is 13.5. The third-order valence-electron chi connectivity index (χ3n) is 4.96. The van der Waals surface area contributed by atoms with Gasteiger partial charge in [-0.05, 0) is 41.1 Å². The number of aliphatic hydroxyl groups excluding tert-OH is 1. The Bertz CT molecular complexity index is 1060. The molecule has 1 unspecified atom stereocenters. The summed E-state index contributed by atoms with van der Waals surface area (Å²) in [4.78, 5) is 27.9. The van der Waals surface area contributed by atoms with Crippen LogP contribution >= 0.6 is 11.3 Å². The van der Waals surface area contributed by atoms with E-state index in [1.54, 1.807) is 29.6 Å². The van der Waals surface area contributed by atoms with Crippen LogP contribution in [0.25, 0.3) is 0 Å². The van der Waals surface area contributed by atoms with Gasteiger partial charge >= 0.3 is 0 Å². The molecule has 4 rings (SSSR count). The van der Waals surface area contributed by atoms with Crippen LogP contribution in [0.3, 0.4) is 0 Å². The first-order valence-corrected chi connectivity index (χ1v) is 10.1. The first kappa shape index (κ1) is 19.1. The standard InChI is InChI=1S/C23H18FNO3S/c24-17-10-8-16(9-11-17)20-19(21(26)18-7-4-14-29-18)22(27)23(28)25(20)13-12-15-5-2-1-3-6-15/h1-11,14,20,27H,12-13H2. The van der Waals surface area contributed by atoms with Crippen LogP contribution in [-0.2, 0) is 11.2 Å². The zero-order valence-electron chi connectivity index (χ0n) is 15.4. The highest BCUT2D eigenvalue weighted by molar-refractivity contribution is 7.12. The lowest BCUT2D eigenvalue weighted by atomic mass is 9.95. The van der Waals surface area contributed by atoms with Gasteiger partial charge in [-0.15, -0.1) is 11.3 Å². The van der Waals surface area contributed by atoms with Gasteiger partial charge in [0.05, 0.1) is 16.5 Å². The van der Waals surface area contributed by atoms with Crippen molar-refractivity contribution in [2.45, 2.75) is 12.5 Å². The molecule has 0 fully saturated rings. The smallest absolute Gasteiger partial charge is 0.290 e. The van der Waals surface area contributed by atoms with E-state index >= 15 is 0 Å². The van der Waals surface area contributed by atoms with Gasteiger partial charge < -0.3 is 10.0 Å². The van der Waals surface area contributed by atoms with Crippen LogP contribution in [0.2, 0.25) is 0 Å².